The van der Waals surface area contributed by atoms with Gasteiger partial charge in [0.25, 0.3) is 0 Å². The summed E-state index contributed by atoms with van der Waals surface area (Å²) >= 11 is 0. The Labute approximate surface area is 101 Å². The van der Waals surface area contributed by atoms with Gasteiger partial charge in [0.15, 0.2) is 0 Å². The SMILES string of the molecule is NN.NNC(c1ccccc1)c1ccccc1. The van der Waals surface area contributed by atoms with Gasteiger partial charge < -0.3 is 0 Å². The lowest BCUT2D eigenvalue weighted by Crippen LogP contribution is -2.28. The molecule has 0 atom stereocenters. The molecule has 0 aliphatic rings. The highest BCUT2D eigenvalue weighted by Crippen LogP contribution is 2.20. The first kappa shape index (κ1) is 13.3. The molecule has 4 heteroatoms. The van der Waals surface area contributed by atoms with Crippen molar-refractivity contribution < 1.29 is 0 Å². The second kappa shape index (κ2) is 7.54. The van der Waals surface area contributed by atoms with Crippen molar-refractivity contribution in [1.82, 2.24) is 5.43 Å². The molecule has 2 aromatic rings. The maximum Gasteiger partial charge on any atom is 0.0710 e. The van der Waals surface area contributed by atoms with Crippen molar-refractivity contribution in [3.63, 3.8) is 0 Å². The number of rotatable bonds is 3. The highest BCUT2D eigenvalue weighted by Gasteiger charge is 2.10. The molecular weight excluding hydrogens is 212 g/mol. The van der Waals surface area contributed by atoms with E-state index >= 15 is 0 Å². The third kappa shape index (κ3) is 3.65. The zero-order chi connectivity index (χ0) is 12.5. The zero-order valence-corrected chi connectivity index (χ0v) is 9.58. The van der Waals surface area contributed by atoms with Gasteiger partial charge in [-0.25, -0.2) is 5.43 Å². The van der Waals surface area contributed by atoms with E-state index in [0.29, 0.717) is 0 Å². The first-order valence-electron chi connectivity index (χ1n) is 5.31. The summed E-state index contributed by atoms with van der Waals surface area (Å²) in [6.07, 6.45) is 0. The largest absolute Gasteiger partial charge is 0.274 e. The minimum absolute atomic E-state index is 0.0624. The van der Waals surface area contributed by atoms with Crippen LogP contribution in [-0.2, 0) is 0 Å². The van der Waals surface area contributed by atoms with E-state index in [2.05, 4.69) is 41.4 Å². The maximum absolute atomic E-state index is 5.59. The third-order valence-electron chi connectivity index (χ3n) is 2.43. The molecule has 0 fully saturated rings. The molecular formula is C13H18N4. The summed E-state index contributed by atoms with van der Waals surface area (Å²) in [6.45, 7) is 0. The molecule has 90 valence electrons. The predicted octanol–water partition coefficient (Wildman–Crippen LogP) is 1.06. The van der Waals surface area contributed by atoms with Crippen molar-refractivity contribution in [2.75, 3.05) is 0 Å². The van der Waals surface area contributed by atoms with E-state index in [-0.39, 0.29) is 6.04 Å². The molecule has 0 saturated heterocycles. The second-order valence-corrected chi connectivity index (χ2v) is 3.42. The summed E-state index contributed by atoms with van der Waals surface area (Å²) in [6, 6.07) is 20.4. The summed E-state index contributed by atoms with van der Waals surface area (Å²) in [7, 11) is 0. The van der Waals surface area contributed by atoms with Crippen molar-refractivity contribution >= 4 is 0 Å². The van der Waals surface area contributed by atoms with Crippen molar-refractivity contribution in [3.8, 4) is 0 Å². The molecule has 17 heavy (non-hydrogen) atoms. The van der Waals surface area contributed by atoms with Gasteiger partial charge in [-0.15, -0.1) is 0 Å². The van der Waals surface area contributed by atoms with Gasteiger partial charge in [0, 0.05) is 0 Å². The number of hydrazine groups is 2. The Bertz CT molecular complexity index is 363. The van der Waals surface area contributed by atoms with Gasteiger partial charge in [-0.05, 0) is 11.1 Å². The Kier molecular flexibility index (Phi) is 5.92. The molecule has 0 aromatic heterocycles. The molecule has 7 N–H and O–H groups in total. The van der Waals surface area contributed by atoms with Gasteiger partial charge in [0.1, 0.15) is 0 Å². The van der Waals surface area contributed by atoms with Crippen LogP contribution in [0.3, 0.4) is 0 Å². The Morgan fingerprint density at radius 2 is 1.06 bits per heavy atom. The molecule has 0 saturated carbocycles. The Balaban J connectivity index is 0.000000686. The Morgan fingerprint density at radius 3 is 1.35 bits per heavy atom. The first-order valence-corrected chi connectivity index (χ1v) is 5.31. The van der Waals surface area contributed by atoms with Gasteiger partial charge in [-0.3, -0.25) is 17.5 Å². The normalized spacial score (nSPS) is 9.65. The van der Waals surface area contributed by atoms with Crippen LogP contribution in [0.1, 0.15) is 17.2 Å². The highest BCUT2D eigenvalue weighted by molar-refractivity contribution is 5.31. The maximum atomic E-state index is 5.59. The molecule has 0 bridgehead atoms. The van der Waals surface area contributed by atoms with Crippen LogP contribution in [0.15, 0.2) is 60.7 Å². The smallest absolute Gasteiger partial charge is 0.0710 e. The summed E-state index contributed by atoms with van der Waals surface area (Å²) in [5.41, 5.74) is 5.18. The molecule has 0 radical (unpaired) electrons. The number of hydrogen-bond acceptors (Lipinski definition) is 4. The van der Waals surface area contributed by atoms with Gasteiger partial charge in [0.2, 0.25) is 0 Å². The van der Waals surface area contributed by atoms with Crippen LogP contribution in [0.4, 0.5) is 0 Å². The van der Waals surface area contributed by atoms with Crippen LogP contribution < -0.4 is 23.0 Å². The van der Waals surface area contributed by atoms with Crippen LogP contribution in [0.25, 0.3) is 0 Å². The van der Waals surface area contributed by atoms with E-state index in [1.807, 2.05) is 36.4 Å². The van der Waals surface area contributed by atoms with Gasteiger partial charge in [0.05, 0.1) is 6.04 Å². The van der Waals surface area contributed by atoms with Crippen LogP contribution in [0.5, 0.6) is 0 Å². The van der Waals surface area contributed by atoms with Crippen LogP contribution in [-0.4, -0.2) is 0 Å². The lowest BCUT2D eigenvalue weighted by atomic mass is 10.00. The van der Waals surface area contributed by atoms with E-state index in [9.17, 15) is 0 Å². The van der Waals surface area contributed by atoms with E-state index < -0.39 is 0 Å². The van der Waals surface area contributed by atoms with E-state index in [0.717, 1.165) is 0 Å². The lowest BCUT2D eigenvalue weighted by Gasteiger charge is -2.16. The monoisotopic (exact) mass is 230 g/mol. The molecule has 0 unspecified atom stereocenters. The lowest BCUT2D eigenvalue weighted by molar-refractivity contribution is 0.637. The standard InChI is InChI=1S/C13H14N2.H4N2/c14-15-13(11-7-3-1-4-8-11)12-9-5-2-6-10-12;1-2/h1-10,13,15H,14H2;1-2H2. The average molecular weight is 230 g/mol. The predicted molar refractivity (Wildman–Crippen MR) is 70.4 cm³/mol. The van der Waals surface area contributed by atoms with Gasteiger partial charge in [-0.1, -0.05) is 60.7 Å². The topological polar surface area (TPSA) is 90.1 Å². The van der Waals surface area contributed by atoms with E-state index in [1.54, 1.807) is 0 Å². The number of benzene rings is 2. The summed E-state index contributed by atoms with van der Waals surface area (Å²) in [5.74, 6) is 13.6. The van der Waals surface area contributed by atoms with Gasteiger partial charge in [-0.2, -0.15) is 0 Å². The molecule has 0 spiro atoms. The highest BCUT2D eigenvalue weighted by atomic mass is 15.2. The fraction of sp³-hybridized carbons (Fsp3) is 0.0769. The Hall–Kier alpha value is -1.72. The molecule has 2 aromatic carbocycles. The quantitative estimate of drug-likeness (QED) is 0.469. The molecule has 0 amide bonds. The van der Waals surface area contributed by atoms with Crippen molar-refractivity contribution in [2.45, 2.75) is 6.04 Å². The van der Waals surface area contributed by atoms with E-state index in [1.165, 1.54) is 11.1 Å². The molecule has 0 aliphatic heterocycles. The van der Waals surface area contributed by atoms with Crippen LogP contribution in [0, 0.1) is 0 Å². The first-order chi connectivity index (χ1) is 8.42. The average Bonchev–Trinajstić information content (AvgIpc) is 2.44. The molecule has 0 aliphatic carbocycles. The minimum atomic E-state index is 0.0624. The van der Waals surface area contributed by atoms with Crippen molar-refractivity contribution in [3.05, 3.63) is 71.8 Å². The number of nitrogens with two attached hydrogens (primary N) is 3. The fourth-order valence-corrected chi connectivity index (χ4v) is 1.68. The summed E-state index contributed by atoms with van der Waals surface area (Å²) in [4.78, 5) is 0. The van der Waals surface area contributed by atoms with Crippen molar-refractivity contribution in [2.24, 2.45) is 17.5 Å². The Morgan fingerprint density at radius 1 is 0.706 bits per heavy atom. The van der Waals surface area contributed by atoms with Crippen molar-refractivity contribution in [1.29, 1.82) is 0 Å². The number of hydrogen-bond donors (Lipinski definition) is 4. The van der Waals surface area contributed by atoms with Crippen LogP contribution >= 0.6 is 0 Å². The molecule has 2 rings (SSSR count). The fourth-order valence-electron chi connectivity index (χ4n) is 1.68. The zero-order valence-electron chi connectivity index (χ0n) is 9.58. The third-order valence-corrected chi connectivity index (χ3v) is 2.43. The summed E-state index contributed by atoms with van der Waals surface area (Å²) < 4.78 is 0. The molecule has 0 heterocycles. The van der Waals surface area contributed by atoms with E-state index in [4.69, 9.17) is 5.84 Å². The molecule has 4 nitrogen and oxygen atoms in total. The van der Waals surface area contributed by atoms with Gasteiger partial charge >= 0.3 is 0 Å². The van der Waals surface area contributed by atoms with Crippen LogP contribution in [0.2, 0.25) is 0 Å². The summed E-state index contributed by atoms with van der Waals surface area (Å²) in [5, 5.41) is 0. The second-order valence-electron chi connectivity index (χ2n) is 3.42. The number of nitrogens with one attached hydrogen (secondary N) is 1. The minimum Gasteiger partial charge on any atom is -0.274 e.